The van der Waals surface area contributed by atoms with Crippen LogP contribution in [-0.2, 0) is 4.79 Å². The fraction of sp³-hybridized carbons (Fsp3) is 0.238. The van der Waals surface area contributed by atoms with E-state index in [4.69, 9.17) is 9.15 Å². The Labute approximate surface area is 162 Å². The van der Waals surface area contributed by atoms with Crippen LogP contribution in [0.1, 0.15) is 24.9 Å². The number of thioether (sulfide) groups is 1. The zero-order valence-electron chi connectivity index (χ0n) is 14.9. The summed E-state index contributed by atoms with van der Waals surface area (Å²) in [5.41, 5.74) is 1.99. The number of nitrogens with zero attached hydrogens (tertiary/aromatic N) is 1. The first kappa shape index (κ1) is 17.7. The highest BCUT2D eigenvalue weighted by Gasteiger charge is 2.25. The van der Waals surface area contributed by atoms with Gasteiger partial charge >= 0.3 is 0 Å². The van der Waals surface area contributed by atoms with Crippen molar-refractivity contribution in [3.05, 3.63) is 66.4 Å². The van der Waals surface area contributed by atoms with Crippen molar-refractivity contribution in [3.8, 4) is 17.1 Å². The number of hydrogen-bond donors (Lipinski definition) is 1. The van der Waals surface area contributed by atoms with Crippen LogP contribution < -0.4 is 10.1 Å². The van der Waals surface area contributed by atoms with Crippen molar-refractivity contribution in [2.24, 2.45) is 0 Å². The van der Waals surface area contributed by atoms with Gasteiger partial charge in [0.05, 0.1) is 24.1 Å². The Hall–Kier alpha value is -2.73. The molecular weight excluding hydrogens is 360 g/mol. The first-order valence-electron chi connectivity index (χ1n) is 8.91. The SMILES string of the molecule is C[C@H](Sc1ncc(-c2ccccc2)o1)C(=O)N[C@H]1CCOc2ccccc21. The number of para-hydroxylation sites is 1. The summed E-state index contributed by atoms with van der Waals surface area (Å²) >= 11 is 1.32. The van der Waals surface area contributed by atoms with Crippen molar-refractivity contribution in [1.29, 1.82) is 0 Å². The maximum Gasteiger partial charge on any atom is 0.256 e. The minimum Gasteiger partial charge on any atom is -0.493 e. The average molecular weight is 380 g/mol. The molecule has 2 aromatic carbocycles. The topological polar surface area (TPSA) is 64.4 Å². The lowest BCUT2D eigenvalue weighted by molar-refractivity contribution is -0.121. The van der Waals surface area contributed by atoms with Gasteiger partial charge in [0.15, 0.2) is 5.76 Å². The molecule has 1 amide bonds. The minimum atomic E-state index is -0.317. The van der Waals surface area contributed by atoms with E-state index in [0.29, 0.717) is 17.6 Å². The molecule has 6 heteroatoms. The number of oxazole rings is 1. The molecule has 0 saturated carbocycles. The van der Waals surface area contributed by atoms with Crippen LogP contribution in [-0.4, -0.2) is 22.7 Å². The number of ether oxygens (including phenoxy) is 1. The van der Waals surface area contributed by atoms with Crippen LogP contribution in [0.5, 0.6) is 5.75 Å². The molecule has 5 nitrogen and oxygen atoms in total. The molecule has 1 N–H and O–H groups in total. The molecule has 0 spiro atoms. The van der Waals surface area contributed by atoms with Gasteiger partial charge in [0, 0.05) is 17.5 Å². The maximum atomic E-state index is 12.7. The predicted molar refractivity (Wildman–Crippen MR) is 105 cm³/mol. The number of carbonyl (C=O) groups is 1. The van der Waals surface area contributed by atoms with Crippen molar-refractivity contribution in [3.63, 3.8) is 0 Å². The summed E-state index contributed by atoms with van der Waals surface area (Å²) in [6.45, 7) is 2.46. The lowest BCUT2D eigenvalue weighted by Crippen LogP contribution is -2.36. The average Bonchev–Trinajstić information content (AvgIpc) is 3.17. The van der Waals surface area contributed by atoms with E-state index in [-0.39, 0.29) is 17.2 Å². The van der Waals surface area contributed by atoms with Gasteiger partial charge in [-0.2, -0.15) is 0 Å². The summed E-state index contributed by atoms with van der Waals surface area (Å²) in [6.07, 6.45) is 2.45. The molecule has 2 heterocycles. The van der Waals surface area contributed by atoms with Crippen LogP contribution in [0.15, 0.2) is 70.4 Å². The lowest BCUT2D eigenvalue weighted by Gasteiger charge is -2.27. The van der Waals surface area contributed by atoms with Crippen molar-refractivity contribution in [2.75, 3.05) is 6.61 Å². The van der Waals surface area contributed by atoms with Crippen LogP contribution >= 0.6 is 11.8 Å². The summed E-state index contributed by atoms with van der Waals surface area (Å²) in [5, 5.41) is 3.30. The van der Waals surface area contributed by atoms with Gasteiger partial charge in [0.1, 0.15) is 5.75 Å². The zero-order valence-corrected chi connectivity index (χ0v) is 15.7. The van der Waals surface area contributed by atoms with Crippen LogP contribution in [0.4, 0.5) is 0 Å². The van der Waals surface area contributed by atoms with Gasteiger partial charge in [-0.15, -0.1) is 0 Å². The smallest absolute Gasteiger partial charge is 0.256 e. The molecule has 0 aliphatic carbocycles. The molecule has 0 saturated heterocycles. The van der Waals surface area contributed by atoms with E-state index in [2.05, 4.69) is 10.3 Å². The molecule has 1 aliphatic heterocycles. The summed E-state index contributed by atoms with van der Waals surface area (Å²) in [5.74, 6) is 1.50. The molecule has 27 heavy (non-hydrogen) atoms. The van der Waals surface area contributed by atoms with Crippen LogP contribution in [0.2, 0.25) is 0 Å². The molecule has 138 valence electrons. The van der Waals surface area contributed by atoms with Crippen LogP contribution in [0, 0.1) is 0 Å². The monoisotopic (exact) mass is 380 g/mol. The Bertz CT molecular complexity index is 926. The standard InChI is InChI=1S/C21H20N2O3S/c1-14(27-21-22-13-19(26-21)15-7-3-2-4-8-15)20(24)23-17-11-12-25-18-10-6-5-9-16(17)18/h2-10,13-14,17H,11-12H2,1H3,(H,23,24)/t14-,17-/m0/s1. The fourth-order valence-electron chi connectivity index (χ4n) is 3.03. The quantitative estimate of drug-likeness (QED) is 0.662. The highest BCUT2D eigenvalue weighted by atomic mass is 32.2. The van der Waals surface area contributed by atoms with Gasteiger partial charge in [-0.25, -0.2) is 4.98 Å². The molecule has 3 aromatic rings. The lowest BCUT2D eigenvalue weighted by atomic mass is 10.0. The summed E-state index contributed by atoms with van der Waals surface area (Å²) < 4.78 is 11.4. The second-order valence-electron chi connectivity index (χ2n) is 6.35. The Morgan fingerprint density at radius 1 is 1.19 bits per heavy atom. The van der Waals surface area contributed by atoms with Crippen molar-refractivity contribution < 1.29 is 13.9 Å². The van der Waals surface area contributed by atoms with E-state index < -0.39 is 0 Å². The largest absolute Gasteiger partial charge is 0.493 e. The van der Waals surface area contributed by atoms with E-state index >= 15 is 0 Å². The first-order valence-corrected chi connectivity index (χ1v) is 9.78. The van der Waals surface area contributed by atoms with Crippen LogP contribution in [0.3, 0.4) is 0 Å². The summed E-state index contributed by atoms with van der Waals surface area (Å²) in [6, 6.07) is 17.6. The molecule has 1 aromatic heterocycles. The predicted octanol–water partition coefficient (Wildman–Crippen LogP) is 4.46. The number of aromatic nitrogens is 1. The van der Waals surface area contributed by atoms with Gasteiger partial charge in [-0.1, -0.05) is 60.3 Å². The first-order chi connectivity index (χ1) is 13.2. The van der Waals surface area contributed by atoms with E-state index in [1.165, 1.54) is 11.8 Å². The molecule has 0 bridgehead atoms. The maximum absolute atomic E-state index is 12.7. The second-order valence-corrected chi connectivity index (χ2v) is 7.64. The van der Waals surface area contributed by atoms with Crippen molar-refractivity contribution >= 4 is 17.7 Å². The van der Waals surface area contributed by atoms with Crippen LogP contribution in [0.25, 0.3) is 11.3 Å². The Morgan fingerprint density at radius 3 is 2.81 bits per heavy atom. The minimum absolute atomic E-state index is 0.0325. The van der Waals surface area contributed by atoms with Gasteiger partial charge in [-0.05, 0) is 13.0 Å². The second kappa shape index (κ2) is 7.88. The number of amides is 1. The molecule has 2 atom stereocenters. The summed E-state index contributed by atoms with van der Waals surface area (Å²) in [4.78, 5) is 17.0. The number of hydrogen-bond acceptors (Lipinski definition) is 5. The fourth-order valence-corrected chi connectivity index (χ4v) is 3.76. The third-order valence-corrected chi connectivity index (χ3v) is 5.42. The van der Waals surface area contributed by atoms with Gasteiger partial charge in [0.2, 0.25) is 5.91 Å². The van der Waals surface area contributed by atoms with Crippen molar-refractivity contribution in [2.45, 2.75) is 29.9 Å². The van der Waals surface area contributed by atoms with Gasteiger partial charge in [0.25, 0.3) is 5.22 Å². The Balaban J connectivity index is 1.40. The number of benzene rings is 2. The molecule has 0 unspecified atom stereocenters. The van der Waals surface area contributed by atoms with Gasteiger partial charge in [-0.3, -0.25) is 4.79 Å². The van der Waals surface area contributed by atoms with E-state index in [1.54, 1.807) is 6.20 Å². The molecule has 0 radical (unpaired) electrons. The Kier molecular flexibility index (Phi) is 5.16. The number of nitrogens with one attached hydrogen (secondary N) is 1. The van der Waals surface area contributed by atoms with E-state index in [1.807, 2.05) is 61.5 Å². The van der Waals surface area contributed by atoms with Crippen molar-refractivity contribution in [1.82, 2.24) is 10.3 Å². The van der Waals surface area contributed by atoms with Gasteiger partial charge < -0.3 is 14.5 Å². The Morgan fingerprint density at radius 2 is 1.96 bits per heavy atom. The number of fused-ring (bicyclic) bond motifs is 1. The summed E-state index contributed by atoms with van der Waals surface area (Å²) in [7, 11) is 0. The highest BCUT2D eigenvalue weighted by molar-refractivity contribution is 8.00. The van der Waals surface area contributed by atoms with E-state index in [0.717, 1.165) is 23.3 Å². The normalized spacial score (nSPS) is 16.9. The zero-order chi connectivity index (χ0) is 18.6. The third kappa shape index (κ3) is 4.01. The third-order valence-electron chi connectivity index (χ3n) is 4.46. The highest BCUT2D eigenvalue weighted by Crippen LogP contribution is 2.33. The number of carbonyl (C=O) groups excluding carboxylic acids is 1. The molecule has 1 aliphatic rings. The molecule has 4 rings (SSSR count). The van der Waals surface area contributed by atoms with E-state index in [9.17, 15) is 4.79 Å². The molecular formula is C21H20N2O3S. The molecule has 0 fully saturated rings. The number of rotatable bonds is 5.